The first-order valence-electron chi connectivity index (χ1n) is 11.7. The molecule has 1 nitrogen and oxygen atoms in total. The van der Waals surface area contributed by atoms with Gasteiger partial charge < -0.3 is 4.74 Å². The maximum atomic E-state index is 14.9. The fourth-order valence-electron chi connectivity index (χ4n) is 4.72. The lowest BCUT2D eigenvalue weighted by molar-refractivity contribution is -0.275. The highest BCUT2D eigenvalue weighted by molar-refractivity contribution is 5.65. The molecule has 7 heteroatoms. The van der Waals surface area contributed by atoms with Gasteiger partial charge in [0.05, 0.1) is 0 Å². The zero-order valence-electron chi connectivity index (χ0n) is 19.3. The first kappa shape index (κ1) is 25.1. The monoisotopic (exact) mass is 492 g/mol. The van der Waals surface area contributed by atoms with Crippen LogP contribution in [0.1, 0.15) is 55.2 Å². The van der Waals surface area contributed by atoms with Gasteiger partial charge in [-0.2, -0.15) is 0 Å². The SMILES string of the molecule is CC1CCC(c2ccc(-c3ccc(CCc4ccc(OC(F)(F)F)c(F)c4)cc3)c(F)c2F)CC1. The second-order valence-corrected chi connectivity index (χ2v) is 9.30. The third kappa shape index (κ3) is 6.19. The molecule has 0 atom stereocenters. The van der Waals surface area contributed by atoms with E-state index >= 15 is 0 Å². The Morgan fingerprint density at radius 2 is 1.40 bits per heavy atom. The molecule has 0 spiro atoms. The lowest BCUT2D eigenvalue weighted by Crippen LogP contribution is -2.18. The molecule has 0 saturated heterocycles. The number of hydrogen-bond acceptors (Lipinski definition) is 1. The summed E-state index contributed by atoms with van der Waals surface area (Å²) in [5, 5.41) is 0. The Bertz CT molecular complexity index is 1160. The number of ether oxygens (including phenoxy) is 1. The average molecular weight is 493 g/mol. The summed E-state index contributed by atoms with van der Waals surface area (Å²) in [6.45, 7) is 2.18. The molecule has 0 aromatic heterocycles. The number of alkyl halides is 3. The minimum Gasteiger partial charge on any atom is -0.403 e. The summed E-state index contributed by atoms with van der Waals surface area (Å²) >= 11 is 0. The summed E-state index contributed by atoms with van der Waals surface area (Å²) in [4.78, 5) is 0. The summed E-state index contributed by atoms with van der Waals surface area (Å²) in [6, 6.07) is 13.6. The highest BCUT2D eigenvalue weighted by Crippen LogP contribution is 2.38. The van der Waals surface area contributed by atoms with Crippen LogP contribution in [-0.2, 0) is 12.8 Å². The smallest absolute Gasteiger partial charge is 0.403 e. The third-order valence-corrected chi connectivity index (χ3v) is 6.76. The van der Waals surface area contributed by atoms with Crippen molar-refractivity contribution in [3.63, 3.8) is 0 Å². The van der Waals surface area contributed by atoms with Gasteiger partial charge in [-0.3, -0.25) is 0 Å². The molecule has 0 amide bonds. The van der Waals surface area contributed by atoms with E-state index in [4.69, 9.17) is 0 Å². The summed E-state index contributed by atoms with van der Waals surface area (Å²) in [5.41, 5.74) is 2.59. The number of halogens is 6. The van der Waals surface area contributed by atoms with E-state index in [9.17, 15) is 26.3 Å². The molecule has 186 valence electrons. The molecule has 0 N–H and O–H groups in total. The van der Waals surface area contributed by atoms with Crippen molar-refractivity contribution in [2.45, 2.75) is 57.7 Å². The normalized spacial score (nSPS) is 18.5. The quantitative estimate of drug-likeness (QED) is 0.313. The van der Waals surface area contributed by atoms with Crippen LogP contribution in [0.15, 0.2) is 54.6 Å². The number of aryl methyl sites for hydroxylation is 2. The first-order valence-corrected chi connectivity index (χ1v) is 11.7. The number of hydrogen-bond donors (Lipinski definition) is 0. The average Bonchev–Trinajstić information content (AvgIpc) is 2.81. The number of benzene rings is 3. The summed E-state index contributed by atoms with van der Waals surface area (Å²) < 4.78 is 84.2. The molecule has 1 fully saturated rings. The number of rotatable bonds is 6. The molecule has 1 aliphatic carbocycles. The van der Waals surface area contributed by atoms with Crippen LogP contribution in [0, 0.1) is 23.4 Å². The van der Waals surface area contributed by atoms with Crippen molar-refractivity contribution in [3.8, 4) is 16.9 Å². The Morgan fingerprint density at radius 3 is 2.03 bits per heavy atom. The fraction of sp³-hybridized carbons (Fsp3) is 0.357. The van der Waals surface area contributed by atoms with Crippen molar-refractivity contribution < 1.29 is 31.1 Å². The van der Waals surface area contributed by atoms with Gasteiger partial charge >= 0.3 is 6.36 Å². The summed E-state index contributed by atoms with van der Waals surface area (Å²) in [6.07, 6.45) is -0.294. The predicted molar refractivity (Wildman–Crippen MR) is 123 cm³/mol. The summed E-state index contributed by atoms with van der Waals surface area (Å²) in [5.74, 6) is -2.89. The Kier molecular flexibility index (Phi) is 7.43. The minimum absolute atomic E-state index is 0.0519. The molecule has 0 bridgehead atoms. The topological polar surface area (TPSA) is 9.23 Å². The van der Waals surface area contributed by atoms with Gasteiger partial charge in [-0.25, -0.2) is 13.2 Å². The van der Waals surface area contributed by atoms with Crippen LogP contribution < -0.4 is 4.74 Å². The van der Waals surface area contributed by atoms with Gasteiger partial charge in [-0.05, 0) is 71.9 Å². The van der Waals surface area contributed by atoms with Crippen LogP contribution >= 0.6 is 0 Å². The molecule has 1 aliphatic rings. The van der Waals surface area contributed by atoms with E-state index < -0.39 is 29.6 Å². The van der Waals surface area contributed by atoms with Crippen molar-refractivity contribution in [2.75, 3.05) is 0 Å². The molecular formula is C28H26F6O. The van der Waals surface area contributed by atoms with Gasteiger partial charge in [0.15, 0.2) is 23.2 Å². The van der Waals surface area contributed by atoms with Crippen LogP contribution in [-0.4, -0.2) is 6.36 Å². The van der Waals surface area contributed by atoms with E-state index in [2.05, 4.69) is 11.7 Å². The molecule has 35 heavy (non-hydrogen) atoms. The van der Waals surface area contributed by atoms with Gasteiger partial charge in [0.25, 0.3) is 0 Å². The minimum atomic E-state index is -4.96. The van der Waals surface area contributed by atoms with E-state index in [0.29, 0.717) is 35.4 Å². The lowest BCUT2D eigenvalue weighted by atomic mass is 9.79. The van der Waals surface area contributed by atoms with Gasteiger partial charge in [0.1, 0.15) is 0 Å². The molecule has 1 saturated carbocycles. The molecule has 0 aliphatic heterocycles. The van der Waals surface area contributed by atoms with Crippen molar-refractivity contribution in [1.29, 1.82) is 0 Å². The molecule has 3 aromatic rings. The molecule has 0 radical (unpaired) electrons. The first-order chi connectivity index (χ1) is 16.6. The van der Waals surface area contributed by atoms with Gasteiger partial charge in [-0.15, -0.1) is 13.2 Å². The van der Waals surface area contributed by atoms with E-state index in [1.807, 2.05) is 0 Å². The van der Waals surface area contributed by atoms with Crippen molar-refractivity contribution in [3.05, 3.63) is 88.7 Å². The van der Waals surface area contributed by atoms with E-state index in [1.54, 1.807) is 36.4 Å². The van der Waals surface area contributed by atoms with Crippen LogP contribution in [0.25, 0.3) is 11.1 Å². The second kappa shape index (κ2) is 10.3. The fourth-order valence-corrected chi connectivity index (χ4v) is 4.72. The van der Waals surface area contributed by atoms with E-state index in [0.717, 1.165) is 43.4 Å². The van der Waals surface area contributed by atoms with Crippen molar-refractivity contribution in [1.82, 2.24) is 0 Å². The highest BCUT2D eigenvalue weighted by atomic mass is 19.4. The van der Waals surface area contributed by atoms with Gasteiger partial charge in [0.2, 0.25) is 0 Å². The Morgan fingerprint density at radius 1 is 0.771 bits per heavy atom. The maximum Gasteiger partial charge on any atom is 0.573 e. The van der Waals surface area contributed by atoms with Crippen molar-refractivity contribution >= 4 is 0 Å². The van der Waals surface area contributed by atoms with Crippen LogP contribution in [0.4, 0.5) is 26.3 Å². The molecule has 3 aromatic carbocycles. The lowest BCUT2D eigenvalue weighted by Gasteiger charge is -2.27. The zero-order chi connectivity index (χ0) is 25.2. The van der Waals surface area contributed by atoms with Crippen LogP contribution in [0.3, 0.4) is 0 Å². The standard InChI is InChI=1S/C28H26F6O/c1-17-2-9-20(10-3-17)22-13-14-23(27(31)26(22)30)21-11-6-18(7-12-21)4-5-19-8-15-25(24(29)16-19)35-28(32,33)34/h6-8,11-17,20H,2-5,9-10H2,1H3. The van der Waals surface area contributed by atoms with Crippen molar-refractivity contribution in [2.24, 2.45) is 5.92 Å². The molecule has 0 heterocycles. The van der Waals surface area contributed by atoms with Gasteiger partial charge in [0, 0.05) is 5.56 Å². The summed E-state index contributed by atoms with van der Waals surface area (Å²) in [7, 11) is 0. The highest BCUT2D eigenvalue weighted by Gasteiger charge is 2.32. The van der Waals surface area contributed by atoms with E-state index in [-0.39, 0.29) is 11.5 Å². The molecular weight excluding hydrogens is 466 g/mol. The van der Waals surface area contributed by atoms with E-state index in [1.165, 1.54) is 6.07 Å². The Hall–Kier alpha value is -2.96. The van der Waals surface area contributed by atoms with Gasteiger partial charge in [-0.1, -0.05) is 62.2 Å². The molecule has 0 unspecified atom stereocenters. The van der Waals surface area contributed by atoms with Crippen LogP contribution in [0.2, 0.25) is 0 Å². The molecule has 4 rings (SSSR count). The Balaban J connectivity index is 1.42. The van der Waals surface area contributed by atoms with Crippen LogP contribution in [0.5, 0.6) is 5.75 Å². The predicted octanol–water partition coefficient (Wildman–Crippen LogP) is 8.75. The zero-order valence-corrected chi connectivity index (χ0v) is 19.3. The Labute approximate surface area is 200 Å². The second-order valence-electron chi connectivity index (χ2n) is 9.30. The maximum absolute atomic E-state index is 14.9. The largest absolute Gasteiger partial charge is 0.573 e. The third-order valence-electron chi connectivity index (χ3n) is 6.76.